The van der Waals surface area contributed by atoms with Crippen molar-refractivity contribution in [2.24, 2.45) is 0 Å². The lowest BCUT2D eigenvalue weighted by Gasteiger charge is -2.20. The summed E-state index contributed by atoms with van der Waals surface area (Å²) < 4.78 is 0. The molecule has 1 aromatic rings. The van der Waals surface area contributed by atoms with Crippen molar-refractivity contribution >= 4 is 0 Å². The summed E-state index contributed by atoms with van der Waals surface area (Å²) in [6.45, 7) is 7.89. The van der Waals surface area contributed by atoms with Gasteiger partial charge in [-0.05, 0) is 18.4 Å². The molecule has 0 amide bonds. The van der Waals surface area contributed by atoms with Gasteiger partial charge in [0.05, 0.1) is 0 Å². The van der Waals surface area contributed by atoms with Crippen molar-refractivity contribution in [3.8, 4) is 11.5 Å². The van der Waals surface area contributed by atoms with Crippen LogP contribution in [0, 0.1) is 0 Å². The van der Waals surface area contributed by atoms with Gasteiger partial charge < -0.3 is 15.3 Å². The summed E-state index contributed by atoms with van der Waals surface area (Å²) in [6.07, 6.45) is 0. The Kier molecular flexibility index (Phi) is 5.15. The summed E-state index contributed by atoms with van der Waals surface area (Å²) in [6, 6.07) is 5.02. The van der Waals surface area contributed by atoms with Gasteiger partial charge in [-0.2, -0.15) is 0 Å². The zero-order valence-electron chi connectivity index (χ0n) is 9.78. The van der Waals surface area contributed by atoms with Crippen LogP contribution in [0.5, 0.6) is 11.5 Å². The van der Waals surface area contributed by atoms with Crippen LogP contribution < -0.4 is 0 Å². The van der Waals surface area contributed by atoms with Gasteiger partial charge in [-0.25, -0.2) is 0 Å². The van der Waals surface area contributed by atoms with Gasteiger partial charge in [0, 0.05) is 12.2 Å². The van der Waals surface area contributed by atoms with Gasteiger partial charge in [0.15, 0.2) is 11.5 Å². The molecule has 0 aliphatic carbocycles. The van der Waals surface area contributed by atoms with E-state index in [0.29, 0.717) is 0 Å². The number of benzene rings is 1. The zero-order valence-corrected chi connectivity index (χ0v) is 9.78. The summed E-state index contributed by atoms with van der Waals surface area (Å²) in [7, 11) is 0. The number of hydrogen-bond acceptors (Lipinski definition) is 3. The highest BCUT2D eigenvalue weighted by Crippen LogP contribution is 2.36. The monoisotopic (exact) mass is 212 g/mol. The first-order valence-electron chi connectivity index (χ1n) is 4.96. The molecule has 0 saturated heterocycles. The molecule has 0 aliphatic heterocycles. The van der Waals surface area contributed by atoms with Crippen LogP contribution in [0.1, 0.15) is 33.3 Å². The maximum atomic E-state index is 9.48. The highest BCUT2D eigenvalue weighted by molar-refractivity contribution is 5.47. The number of phenolic OH excluding ortho intramolecular Hbond substituents is 2. The van der Waals surface area contributed by atoms with Crippen LogP contribution in [-0.4, -0.2) is 21.9 Å². The van der Waals surface area contributed by atoms with E-state index >= 15 is 0 Å². The van der Waals surface area contributed by atoms with Crippen molar-refractivity contribution in [2.45, 2.75) is 33.1 Å². The fourth-order valence-electron chi connectivity index (χ4n) is 1.14. The van der Waals surface area contributed by atoms with Crippen LogP contribution in [0.3, 0.4) is 0 Å². The third-order valence-corrected chi connectivity index (χ3v) is 1.82. The largest absolute Gasteiger partial charge is 0.504 e. The first-order chi connectivity index (χ1) is 6.84. The standard InChI is InChI=1S/C10H14O2.C2H6O/c1-10(2,3)7-5-4-6-8(11)9(7)12;1-2-3/h4-6,11-12H,1-3H3;3H,2H2,1H3. The van der Waals surface area contributed by atoms with E-state index in [-0.39, 0.29) is 23.5 Å². The molecule has 86 valence electrons. The molecule has 15 heavy (non-hydrogen) atoms. The van der Waals surface area contributed by atoms with Crippen molar-refractivity contribution in [3.63, 3.8) is 0 Å². The molecule has 3 N–H and O–H groups in total. The minimum absolute atomic E-state index is 0.00926. The van der Waals surface area contributed by atoms with Crippen molar-refractivity contribution < 1.29 is 15.3 Å². The Morgan fingerprint density at radius 3 is 1.93 bits per heavy atom. The van der Waals surface area contributed by atoms with Gasteiger partial charge in [-0.3, -0.25) is 0 Å². The quantitative estimate of drug-likeness (QED) is 0.579. The number of phenols is 2. The Hall–Kier alpha value is -1.22. The van der Waals surface area contributed by atoms with E-state index < -0.39 is 0 Å². The molecule has 0 unspecified atom stereocenters. The highest BCUT2D eigenvalue weighted by Gasteiger charge is 2.19. The van der Waals surface area contributed by atoms with Crippen LogP contribution in [0.25, 0.3) is 0 Å². The van der Waals surface area contributed by atoms with Gasteiger partial charge in [-0.1, -0.05) is 32.9 Å². The Bertz CT molecular complexity index is 300. The van der Waals surface area contributed by atoms with Crippen LogP contribution in [-0.2, 0) is 5.41 Å². The first kappa shape index (κ1) is 13.8. The maximum absolute atomic E-state index is 9.48. The van der Waals surface area contributed by atoms with E-state index in [9.17, 15) is 10.2 Å². The molecule has 0 bridgehead atoms. The first-order valence-corrected chi connectivity index (χ1v) is 4.96. The molecule has 0 spiro atoms. The number of aromatic hydroxyl groups is 2. The van der Waals surface area contributed by atoms with Crippen LogP contribution in [0.2, 0.25) is 0 Å². The van der Waals surface area contributed by atoms with Crippen molar-refractivity contribution in [1.29, 1.82) is 0 Å². The molecule has 0 radical (unpaired) electrons. The van der Waals surface area contributed by atoms with E-state index in [1.54, 1.807) is 13.0 Å². The third kappa shape index (κ3) is 4.21. The van der Waals surface area contributed by atoms with E-state index in [1.807, 2.05) is 26.8 Å². The van der Waals surface area contributed by atoms with Gasteiger partial charge in [0.1, 0.15) is 0 Å². The van der Waals surface area contributed by atoms with Crippen LogP contribution in [0.4, 0.5) is 0 Å². The molecule has 0 fully saturated rings. The lowest BCUT2D eigenvalue weighted by molar-refractivity contribution is 0.318. The average Bonchev–Trinajstić information content (AvgIpc) is 2.09. The molecule has 0 saturated carbocycles. The van der Waals surface area contributed by atoms with E-state index in [1.165, 1.54) is 6.07 Å². The molecule has 1 aromatic carbocycles. The Labute approximate surface area is 91.0 Å². The maximum Gasteiger partial charge on any atom is 0.161 e. The van der Waals surface area contributed by atoms with Gasteiger partial charge in [0.25, 0.3) is 0 Å². The third-order valence-electron chi connectivity index (χ3n) is 1.82. The minimum Gasteiger partial charge on any atom is -0.504 e. The minimum atomic E-state index is -0.136. The number of aliphatic hydroxyl groups excluding tert-OH is 1. The fraction of sp³-hybridized carbons (Fsp3) is 0.500. The molecule has 0 heterocycles. The van der Waals surface area contributed by atoms with Crippen LogP contribution >= 0.6 is 0 Å². The average molecular weight is 212 g/mol. The Morgan fingerprint density at radius 2 is 1.60 bits per heavy atom. The molecule has 1 rings (SSSR count). The molecule has 0 aliphatic rings. The Balaban J connectivity index is 0.000000583. The number of para-hydroxylation sites is 1. The summed E-state index contributed by atoms with van der Waals surface area (Å²) in [4.78, 5) is 0. The number of rotatable bonds is 0. The summed E-state index contributed by atoms with van der Waals surface area (Å²) in [5.41, 5.74) is 0.630. The summed E-state index contributed by atoms with van der Waals surface area (Å²) in [5.74, 6) is -0.0626. The second-order valence-electron chi connectivity index (χ2n) is 4.24. The van der Waals surface area contributed by atoms with Crippen molar-refractivity contribution in [3.05, 3.63) is 23.8 Å². The number of hydrogen-bond donors (Lipinski definition) is 3. The molecular weight excluding hydrogens is 192 g/mol. The smallest absolute Gasteiger partial charge is 0.161 e. The predicted molar refractivity (Wildman–Crippen MR) is 61.2 cm³/mol. The van der Waals surface area contributed by atoms with Crippen molar-refractivity contribution in [2.75, 3.05) is 6.61 Å². The number of aliphatic hydroxyl groups is 1. The molecule has 3 nitrogen and oxygen atoms in total. The fourth-order valence-corrected chi connectivity index (χ4v) is 1.14. The molecular formula is C12H20O3. The van der Waals surface area contributed by atoms with E-state index in [2.05, 4.69) is 0 Å². The van der Waals surface area contributed by atoms with Gasteiger partial charge in [-0.15, -0.1) is 0 Å². The highest BCUT2D eigenvalue weighted by atomic mass is 16.3. The molecule has 3 heteroatoms. The summed E-state index contributed by atoms with van der Waals surface area (Å²) in [5, 5.41) is 26.3. The van der Waals surface area contributed by atoms with E-state index in [0.717, 1.165) is 5.56 Å². The molecule has 0 atom stereocenters. The van der Waals surface area contributed by atoms with Crippen molar-refractivity contribution in [1.82, 2.24) is 0 Å². The lowest BCUT2D eigenvalue weighted by atomic mass is 9.86. The normalized spacial score (nSPS) is 10.5. The SMILES string of the molecule is CC(C)(C)c1cccc(O)c1O.CCO. The predicted octanol–water partition coefficient (Wildman–Crippen LogP) is 2.39. The topological polar surface area (TPSA) is 60.7 Å². The van der Waals surface area contributed by atoms with E-state index in [4.69, 9.17) is 5.11 Å². The second kappa shape index (κ2) is 5.61. The Morgan fingerprint density at radius 1 is 1.13 bits per heavy atom. The van der Waals surface area contributed by atoms with Gasteiger partial charge >= 0.3 is 0 Å². The zero-order chi connectivity index (χ0) is 12.1. The lowest BCUT2D eigenvalue weighted by Crippen LogP contribution is -2.10. The van der Waals surface area contributed by atoms with Crippen LogP contribution in [0.15, 0.2) is 18.2 Å². The molecule has 0 aromatic heterocycles. The van der Waals surface area contributed by atoms with Gasteiger partial charge in [0.2, 0.25) is 0 Å². The summed E-state index contributed by atoms with van der Waals surface area (Å²) >= 11 is 0. The second-order valence-corrected chi connectivity index (χ2v) is 4.24.